The molecule has 0 spiro atoms. The van der Waals surface area contributed by atoms with Crippen molar-refractivity contribution >= 4 is 29.1 Å². The molecule has 0 aliphatic carbocycles. The topological polar surface area (TPSA) is 115 Å². The number of hydroxylamine groups is 2. The molecule has 11 heteroatoms. The molecule has 154 valence electrons. The standard InChI is InChI=1S/C18H22N6O4S/c1-18(2,3)27-17(26)14-21-13(24(8-19)28-14)12-11-7-22(4)15(25)10-5-6-29-16(10)23(11)9-20-12/h5-6,9,13H,7-8,19H2,1-4H3. The molecule has 0 bridgehead atoms. The molecule has 10 nitrogen and oxygen atoms in total. The predicted molar refractivity (Wildman–Crippen MR) is 105 cm³/mol. The smallest absolute Gasteiger partial charge is 0.396 e. The summed E-state index contributed by atoms with van der Waals surface area (Å²) in [6.07, 6.45) is 0.936. The van der Waals surface area contributed by atoms with E-state index in [4.69, 9.17) is 15.3 Å². The van der Waals surface area contributed by atoms with Crippen molar-refractivity contribution in [2.45, 2.75) is 39.1 Å². The second-order valence-electron chi connectivity index (χ2n) is 7.75. The van der Waals surface area contributed by atoms with Gasteiger partial charge in [0.05, 0.1) is 24.5 Å². The molecule has 2 aromatic rings. The summed E-state index contributed by atoms with van der Waals surface area (Å²) in [5.41, 5.74) is 7.10. The van der Waals surface area contributed by atoms with E-state index < -0.39 is 17.7 Å². The van der Waals surface area contributed by atoms with Crippen LogP contribution < -0.4 is 5.73 Å². The normalized spacial score (nSPS) is 19.3. The molecule has 2 aromatic heterocycles. The van der Waals surface area contributed by atoms with Gasteiger partial charge in [0.2, 0.25) is 0 Å². The summed E-state index contributed by atoms with van der Waals surface area (Å²) in [5.74, 6) is -0.907. The Bertz CT molecular complexity index is 1000. The molecule has 0 radical (unpaired) electrons. The largest absolute Gasteiger partial charge is 0.453 e. The summed E-state index contributed by atoms with van der Waals surface area (Å²) in [5, 5.41) is 4.03. The van der Waals surface area contributed by atoms with Crippen LogP contribution >= 0.6 is 11.3 Å². The predicted octanol–water partition coefficient (Wildman–Crippen LogP) is 1.42. The van der Waals surface area contributed by atoms with Crippen LogP contribution in [0, 0.1) is 0 Å². The Morgan fingerprint density at radius 3 is 2.90 bits per heavy atom. The van der Waals surface area contributed by atoms with Crippen molar-refractivity contribution in [3.05, 3.63) is 34.7 Å². The lowest BCUT2D eigenvalue weighted by molar-refractivity contribution is -0.152. The van der Waals surface area contributed by atoms with Crippen LogP contribution in [0.25, 0.3) is 5.00 Å². The third-order valence-electron chi connectivity index (χ3n) is 4.44. The first-order chi connectivity index (χ1) is 13.7. The number of aliphatic imine (C=N–C) groups is 1. The molecule has 2 aliphatic rings. The maximum atomic E-state index is 12.6. The number of amides is 1. The lowest BCUT2D eigenvalue weighted by Gasteiger charge is -2.21. The van der Waals surface area contributed by atoms with Gasteiger partial charge >= 0.3 is 11.9 Å². The summed E-state index contributed by atoms with van der Waals surface area (Å²) in [4.78, 5) is 41.1. The van der Waals surface area contributed by atoms with Crippen molar-refractivity contribution in [3.8, 4) is 5.00 Å². The average molecular weight is 418 g/mol. The fourth-order valence-corrected chi connectivity index (χ4v) is 4.08. The minimum Gasteiger partial charge on any atom is -0.453 e. The first-order valence-electron chi connectivity index (χ1n) is 9.05. The number of carbonyl (C=O) groups is 2. The Labute approximate surface area is 171 Å². The quantitative estimate of drug-likeness (QED) is 0.750. The second-order valence-corrected chi connectivity index (χ2v) is 8.64. The molecule has 0 aromatic carbocycles. The third kappa shape index (κ3) is 3.41. The van der Waals surface area contributed by atoms with Crippen molar-refractivity contribution in [1.82, 2.24) is 19.5 Å². The summed E-state index contributed by atoms with van der Waals surface area (Å²) in [6, 6.07) is 1.80. The number of nitrogens with zero attached hydrogens (tertiary/aromatic N) is 5. The van der Waals surface area contributed by atoms with Gasteiger partial charge in [-0.3, -0.25) is 9.36 Å². The molecule has 0 saturated carbocycles. The maximum absolute atomic E-state index is 12.6. The van der Waals surface area contributed by atoms with Gasteiger partial charge in [-0.1, -0.05) is 5.06 Å². The molecule has 4 rings (SSSR count). The molecule has 0 fully saturated rings. The maximum Gasteiger partial charge on any atom is 0.396 e. The van der Waals surface area contributed by atoms with Crippen LogP contribution in [0.2, 0.25) is 0 Å². The Hall–Kier alpha value is -2.76. The molecule has 1 atom stereocenters. The number of nitrogens with two attached hydrogens (primary N) is 1. The fraction of sp³-hybridized carbons (Fsp3) is 0.444. The zero-order chi connectivity index (χ0) is 20.9. The third-order valence-corrected chi connectivity index (χ3v) is 5.35. The summed E-state index contributed by atoms with van der Waals surface area (Å²) >= 11 is 1.46. The Kier molecular flexibility index (Phi) is 4.68. The van der Waals surface area contributed by atoms with E-state index in [9.17, 15) is 9.59 Å². The highest BCUT2D eigenvalue weighted by molar-refractivity contribution is 7.13. The highest BCUT2D eigenvalue weighted by Crippen LogP contribution is 2.35. The SMILES string of the molecule is CN1Cc2c(C3N=C(C(=O)OC(C)(C)C)ON3CN)ncn2-c2sccc2C1=O. The van der Waals surface area contributed by atoms with Crippen molar-refractivity contribution in [3.63, 3.8) is 0 Å². The Morgan fingerprint density at radius 2 is 2.21 bits per heavy atom. The minimum atomic E-state index is -0.719. The number of hydrogen-bond donors (Lipinski definition) is 1. The number of ether oxygens (including phenoxy) is 1. The monoisotopic (exact) mass is 418 g/mol. The van der Waals surface area contributed by atoms with Gasteiger partial charge < -0.3 is 20.2 Å². The van der Waals surface area contributed by atoms with Gasteiger partial charge in [-0.25, -0.2) is 14.8 Å². The number of rotatable bonds is 3. The van der Waals surface area contributed by atoms with Crippen molar-refractivity contribution in [2.24, 2.45) is 10.7 Å². The average Bonchev–Trinajstić information content (AvgIpc) is 3.35. The highest BCUT2D eigenvalue weighted by atomic mass is 32.1. The van der Waals surface area contributed by atoms with Crippen LogP contribution in [0.4, 0.5) is 0 Å². The Balaban J connectivity index is 1.73. The van der Waals surface area contributed by atoms with Crippen molar-refractivity contribution < 1.29 is 19.2 Å². The Morgan fingerprint density at radius 1 is 1.45 bits per heavy atom. The number of aromatic nitrogens is 2. The molecule has 4 heterocycles. The van der Waals surface area contributed by atoms with Crippen LogP contribution in [0.5, 0.6) is 0 Å². The van der Waals surface area contributed by atoms with Gasteiger partial charge in [0, 0.05) is 7.05 Å². The van der Waals surface area contributed by atoms with Gasteiger partial charge in [-0.15, -0.1) is 11.3 Å². The van der Waals surface area contributed by atoms with Gasteiger partial charge in [0.1, 0.15) is 22.6 Å². The van der Waals surface area contributed by atoms with Crippen LogP contribution in [-0.2, 0) is 20.9 Å². The van der Waals surface area contributed by atoms with E-state index in [-0.39, 0.29) is 18.5 Å². The molecule has 0 saturated heterocycles. The first-order valence-corrected chi connectivity index (χ1v) is 9.93. The second kappa shape index (κ2) is 6.94. The number of esters is 1. The molecular weight excluding hydrogens is 396 g/mol. The number of hydrogen-bond acceptors (Lipinski definition) is 9. The fourth-order valence-electron chi connectivity index (χ4n) is 3.19. The molecule has 1 amide bonds. The zero-order valence-corrected chi connectivity index (χ0v) is 17.4. The molecule has 29 heavy (non-hydrogen) atoms. The summed E-state index contributed by atoms with van der Waals surface area (Å²) < 4.78 is 7.22. The first kappa shape index (κ1) is 19.6. The molecule has 1 unspecified atom stereocenters. The minimum absolute atomic E-state index is 0.00815. The van der Waals surface area contributed by atoms with E-state index in [0.717, 1.165) is 10.7 Å². The highest BCUT2D eigenvalue weighted by Gasteiger charge is 2.39. The lowest BCUT2D eigenvalue weighted by Crippen LogP contribution is -2.34. The van der Waals surface area contributed by atoms with Crippen LogP contribution in [0.3, 0.4) is 0 Å². The van der Waals surface area contributed by atoms with Crippen molar-refractivity contribution in [2.75, 3.05) is 13.7 Å². The van der Waals surface area contributed by atoms with E-state index in [0.29, 0.717) is 17.8 Å². The zero-order valence-electron chi connectivity index (χ0n) is 16.6. The van der Waals surface area contributed by atoms with Gasteiger partial charge in [-0.2, -0.15) is 0 Å². The molecule has 2 N–H and O–H groups in total. The molecule has 2 aliphatic heterocycles. The van der Waals surface area contributed by atoms with E-state index in [1.54, 1.807) is 45.1 Å². The number of imidazole rings is 1. The van der Waals surface area contributed by atoms with Crippen LogP contribution in [-0.4, -0.2) is 56.6 Å². The van der Waals surface area contributed by atoms with E-state index in [2.05, 4.69) is 9.98 Å². The number of carbonyl (C=O) groups excluding carboxylic acids is 2. The molecular formula is C18H22N6O4S. The summed E-state index contributed by atoms with van der Waals surface area (Å²) in [6.45, 7) is 5.62. The van der Waals surface area contributed by atoms with Crippen molar-refractivity contribution in [1.29, 1.82) is 0 Å². The number of thiophene rings is 1. The number of fused-ring (bicyclic) bond motifs is 3. The van der Waals surface area contributed by atoms with E-state index in [1.165, 1.54) is 16.4 Å². The van der Waals surface area contributed by atoms with E-state index >= 15 is 0 Å². The van der Waals surface area contributed by atoms with E-state index in [1.807, 2.05) is 9.95 Å². The lowest BCUT2D eigenvalue weighted by atomic mass is 10.2. The van der Waals surface area contributed by atoms with Crippen LogP contribution in [0.15, 0.2) is 22.8 Å². The van der Waals surface area contributed by atoms with Gasteiger partial charge in [0.15, 0.2) is 6.17 Å². The van der Waals surface area contributed by atoms with Crippen LogP contribution in [0.1, 0.15) is 48.7 Å². The van der Waals surface area contributed by atoms with Gasteiger partial charge in [0.25, 0.3) is 5.91 Å². The summed E-state index contributed by atoms with van der Waals surface area (Å²) in [7, 11) is 1.73. The van der Waals surface area contributed by atoms with Gasteiger partial charge in [-0.05, 0) is 32.2 Å².